The van der Waals surface area contributed by atoms with Crippen LogP contribution >= 0.6 is 11.6 Å². The average Bonchev–Trinajstić information content (AvgIpc) is 2.83. The molecule has 0 saturated carbocycles. The van der Waals surface area contributed by atoms with E-state index in [9.17, 15) is 4.79 Å². The molecule has 1 amide bonds. The number of nitrogens with zero attached hydrogens (tertiary/aromatic N) is 3. The van der Waals surface area contributed by atoms with Gasteiger partial charge in [-0.25, -0.2) is 0 Å². The van der Waals surface area contributed by atoms with Crippen LogP contribution in [-0.4, -0.2) is 26.8 Å². The molecular formula is C10H9ClN4O. The third kappa shape index (κ3) is 2.38. The molecule has 2 rings (SSSR count). The third-order valence-electron chi connectivity index (χ3n) is 1.92. The number of hydrogen-bond acceptors (Lipinski definition) is 3. The molecule has 2 aromatic rings. The van der Waals surface area contributed by atoms with Crippen molar-refractivity contribution in [2.75, 3.05) is 11.2 Å². The van der Waals surface area contributed by atoms with E-state index in [-0.39, 0.29) is 11.8 Å². The van der Waals surface area contributed by atoms with Crippen LogP contribution < -0.4 is 5.32 Å². The molecule has 6 heteroatoms. The molecule has 0 saturated heterocycles. The fourth-order valence-electron chi connectivity index (χ4n) is 1.22. The fourth-order valence-corrected chi connectivity index (χ4v) is 1.29. The van der Waals surface area contributed by atoms with Gasteiger partial charge in [0.25, 0.3) is 0 Å². The highest BCUT2D eigenvalue weighted by molar-refractivity contribution is 6.29. The van der Waals surface area contributed by atoms with E-state index in [1.54, 1.807) is 24.5 Å². The van der Waals surface area contributed by atoms with E-state index in [1.165, 1.54) is 4.80 Å². The molecule has 1 heterocycles. The third-order valence-corrected chi connectivity index (χ3v) is 2.16. The summed E-state index contributed by atoms with van der Waals surface area (Å²) in [7, 11) is 0. The molecule has 16 heavy (non-hydrogen) atoms. The molecule has 0 radical (unpaired) electrons. The quantitative estimate of drug-likeness (QED) is 0.821. The van der Waals surface area contributed by atoms with Crippen molar-refractivity contribution in [2.45, 2.75) is 0 Å². The summed E-state index contributed by atoms with van der Waals surface area (Å²) in [5, 5.41) is 10.6. The number of carbonyl (C=O) groups is 1. The Morgan fingerprint density at radius 1 is 1.25 bits per heavy atom. The minimum absolute atomic E-state index is 0.0531. The number of rotatable bonds is 3. The van der Waals surface area contributed by atoms with Gasteiger partial charge in [0.1, 0.15) is 5.88 Å². The van der Waals surface area contributed by atoms with Gasteiger partial charge in [-0.2, -0.15) is 15.0 Å². The van der Waals surface area contributed by atoms with E-state index in [4.69, 9.17) is 11.6 Å². The highest BCUT2D eigenvalue weighted by Gasteiger charge is 2.01. The molecule has 0 fully saturated rings. The van der Waals surface area contributed by atoms with Gasteiger partial charge in [-0.05, 0) is 24.3 Å². The largest absolute Gasteiger partial charge is 0.325 e. The van der Waals surface area contributed by atoms with E-state index in [2.05, 4.69) is 15.5 Å². The van der Waals surface area contributed by atoms with Crippen LogP contribution in [0.3, 0.4) is 0 Å². The highest BCUT2D eigenvalue weighted by Crippen LogP contribution is 2.11. The number of carbonyl (C=O) groups excluding carboxylic acids is 1. The zero-order valence-electron chi connectivity index (χ0n) is 8.30. The second-order valence-corrected chi connectivity index (χ2v) is 3.31. The molecule has 82 valence electrons. The highest BCUT2D eigenvalue weighted by atomic mass is 35.5. The molecule has 5 nitrogen and oxygen atoms in total. The van der Waals surface area contributed by atoms with Crippen LogP contribution in [0.4, 0.5) is 5.69 Å². The maximum absolute atomic E-state index is 11.0. The van der Waals surface area contributed by atoms with Crippen LogP contribution in [0.5, 0.6) is 0 Å². The van der Waals surface area contributed by atoms with Crippen LogP contribution in [0.25, 0.3) is 5.69 Å². The van der Waals surface area contributed by atoms with E-state index in [0.717, 1.165) is 5.69 Å². The Bertz CT molecular complexity index is 466. The van der Waals surface area contributed by atoms with Gasteiger partial charge in [-0.1, -0.05) is 0 Å². The molecule has 0 atom stereocenters. The minimum Gasteiger partial charge on any atom is -0.325 e. The molecular weight excluding hydrogens is 228 g/mol. The average molecular weight is 237 g/mol. The zero-order chi connectivity index (χ0) is 11.4. The fraction of sp³-hybridized carbons (Fsp3) is 0.100. The van der Waals surface area contributed by atoms with Crippen molar-refractivity contribution in [3.63, 3.8) is 0 Å². The number of halogens is 1. The van der Waals surface area contributed by atoms with Gasteiger partial charge in [0.2, 0.25) is 5.91 Å². The van der Waals surface area contributed by atoms with Gasteiger partial charge in [0.05, 0.1) is 18.1 Å². The molecule has 0 aliphatic heterocycles. The molecule has 1 aromatic carbocycles. The summed E-state index contributed by atoms with van der Waals surface area (Å²) >= 11 is 5.38. The van der Waals surface area contributed by atoms with Crippen molar-refractivity contribution in [1.29, 1.82) is 0 Å². The lowest BCUT2D eigenvalue weighted by atomic mass is 10.3. The van der Waals surface area contributed by atoms with Gasteiger partial charge in [0, 0.05) is 5.69 Å². The van der Waals surface area contributed by atoms with Crippen LogP contribution in [0.15, 0.2) is 36.7 Å². The second kappa shape index (κ2) is 4.76. The molecule has 0 aliphatic carbocycles. The van der Waals surface area contributed by atoms with Crippen molar-refractivity contribution in [3.8, 4) is 5.69 Å². The number of nitrogens with one attached hydrogen (secondary N) is 1. The Kier molecular flexibility index (Phi) is 3.16. The summed E-state index contributed by atoms with van der Waals surface area (Å²) in [6.07, 6.45) is 3.20. The van der Waals surface area contributed by atoms with Crippen molar-refractivity contribution in [2.24, 2.45) is 0 Å². The summed E-state index contributed by atoms with van der Waals surface area (Å²) in [4.78, 5) is 12.5. The zero-order valence-corrected chi connectivity index (χ0v) is 9.05. The molecule has 0 aliphatic rings. The van der Waals surface area contributed by atoms with Gasteiger partial charge in [0.15, 0.2) is 0 Å². The SMILES string of the molecule is O=C(CCl)Nc1ccc(-n2nccn2)cc1. The first-order valence-corrected chi connectivity index (χ1v) is 5.15. The first kappa shape index (κ1) is 10.6. The summed E-state index contributed by atoms with van der Waals surface area (Å²) in [5.41, 5.74) is 1.52. The van der Waals surface area contributed by atoms with E-state index in [1.807, 2.05) is 12.1 Å². The Morgan fingerprint density at radius 3 is 2.44 bits per heavy atom. The summed E-state index contributed by atoms with van der Waals surface area (Å²) in [6.45, 7) is 0. The molecule has 1 aromatic heterocycles. The number of anilines is 1. The molecule has 0 spiro atoms. The van der Waals surface area contributed by atoms with Crippen molar-refractivity contribution < 1.29 is 4.79 Å². The summed E-state index contributed by atoms with van der Waals surface area (Å²) in [5.74, 6) is -0.283. The number of benzene rings is 1. The molecule has 0 bridgehead atoms. The number of amides is 1. The van der Waals surface area contributed by atoms with E-state index < -0.39 is 0 Å². The number of alkyl halides is 1. The summed E-state index contributed by atoms with van der Waals surface area (Å²) in [6, 6.07) is 7.15. The maximum atomic E-state index is 11.0. The Morgan fingerprint density at radius 2 is 1.88 bits per heavy atom. The number of hydrogen-bond donors (Lipinski definition) is 1. The van der Waals surface area contributed by atoms with Crippen LogP contribution in [-0.2, 0) is 4.79 Å². The molecule has 0 unspecified atom stereocenters. The lowest BCUT2D eigenvalue weighted by Gasteiger charge is -2.04. The van der Waals surface area contributed by atoms with Crippen LogP contribution in [0.2, 0.25) is 0 Å². The second-order valence-electron chi connectivity index (χ2n) is 3.05. The Balaban J connectivity index is 2.14. The maximum Gasteiger partial charge on any atom is 0.239 e. The normalized spacial score (nSPS) is 10.1. The van der Waals surface area contributed by atoms with Crippen LogP contribution in [0, 0.1) is 0 Å². The summed E-state index contributed by atoms with van der Waals surface area (Å²) < 4.78 is 0. The van der Waals surface area contributed by atoms with Crippen LogP contribution in [0.1, 0.15) is 0 Å². The van der Waals surface area contributed by atoms with Crippen molar-refractivity contribution in [3.05, 3.63) is 36.7 Å². The number of aromatic nitrogens is 3. The van der Waals surface area contributed by atoms with Gasteiger partial charge >= 0.3 is 0 Å². The predicted molar refractivity (Wildman–Crippen MR) is 60.7 cm³/mol. The lowest BCUT2D eigenvalue weighted by Crippen LogP contribution is -2.12. The van der Waals surface area contributed by atoms with Gasteiger partial charge < -0.3 is 5.32 Å². The predicted octanol–water partition coefficient (Wildman–Crippen LogP) is 1.44. The van der Waals surface area contributed by atoms with Gasteiger partial charge in [-0.3, -0.25) is 4.79 Å². The standard InChI is InChI=1S/C10H9ClN4O/c11-7-10(16)14-8-1-3-9(4-2-8)15-12-5-6-13-15/h1-6H,7H2,(H,14,16). The van der Waals surface area contributed by atoms with E-state index in [0.29, 0.717) is 5.69 Å². The topological polar surface area (TPSA) is 59.8 Å². The lowest BCUT2D eigenvalue weighted by molar-refractivity contribution is -0.113. The van der Waals surface area contributed by atoms with Crippen molar-refractivity contribution in [1.82, 2.24) is 15.0 Å². The van der Waals surface area contributed by atoms with Gasteiger partial charge in [-0.15, -0.1) is 11.6 Å². The molecule has 1 N–H and O–H groups in total. The Labute approximate surface area is 97.0 Å². The minimum atomic E-state index is -0.230. The first-order valence-electron chi connectivity index (χ1n) is 4.62. The first-order chi connectivity index (χ1) is 7.79. The smallest absolute Gasteiger partial charge is 0.239 e. The van der Waals surface area contributed by atoms with Crippen molar-refractivity contribution >= 4 is 23.2 Å². The monoisotopic (exact) mass is 236 g/mol. The van der Waals surface area contributed by atoms with E-state index >= 15 is 0 Å². The Hall–Kier alpha value is -1.88.